The number of ketones is 1. The molecule has 0 aliphatic rings. The Bertz CT molecular complexity index is 558. The highest BCUT2D eigenvalue weighted by Gasteiger charge is 2.18. The van der Waals surface area contributed by atoms with Crippen molar-refractivity contribution in [2.75, 3.05) is 7.11 Å². The van der Waals surface area contributed by atoms with Crippen LogP contribution in [0.3, 0.4) is 0 Å². The molecule has 0 saturated heterocycles. The fraction of sp³-hybridized carbons (Fsp3) is 0.154. The van der Waals surface area contributed by atoms with Gasteiger partial charge in [0.2, 0.25) is 0 Å². The van der Waals surface area contributed by atoms with Crippen molar-refractivity contribution in [2.24, 2.45) is 0 Å². The van der Waals surface area contributed by atoms with Crippen LogP contribution in [0, 0.1) is 6.92 Å². The fourth-order valence-electron chi connectivity index (χ4n) is 1.62. The Kier molecular flexibility index (Phi) is 3.33. The first-order chi connectivity index (χ1) is 8.13. The van der Waals surface area contributed by atoms with Crippen molar-refractivity contribution in [1.29, 1.82) is 0 Å². The first kappa shape index (κ1) is 11.9. The number of hydrogen-bond acceptors (Lipinski definition) is 3. The topological polar surface area (TPSA) is 39.4 Å². The molecule has 1 aromatic carbocycles. The predicted octanol–water partition coefficient (Wildman–Crippen LogP) is 3.59. The molecule has 1 heterocycles. The Hall–Kier alpha value is -1.55. The van der Waals surface area contributed by atoms with Gasteiger partial charge in [-0.2, -0.15) is 0 Å². The van der Waals surface area contributed by atoms with Crippen LogP contribution < -0.4 is 4.74 Å². The fourth-order valence-corrected chi connectivity index (χ4v) is 1.98. The van der Waals surface area contributed by atoms with Crippen molar-refractivity contribution in [3.63, 3.8) is 0 Å². The Morgan fingerprint density at radius 3 is 2.65 bits per heavy atom. The molecule has 0 saturated carbocycles. The van der Waals surface area contributed by atoms with Crippen LogP contribution >= 0.6 is 15.9 Å². The third-order valence-electron chi connectivity index (χ3n) is 2.51. The summed E-state index contributed by atoms with van der Waals surface area (Å²) in [5.74, 6) is 1.06. The zero-order valence-corrected chi connectivity index (χ0v) is 11.1. The molecule has 3 nitrogen and oxygen atoms in total. The number of carbonyl (C=O) groups excluding carboxylic acids is 1. The van der Waals surface area contributed by atoms with Crippen molar-refractivity contribution in [3.8, 4) is 5.75 Å². The van der Waals surface area contributed by atoms with E-state index >= 15 is 0 Å². The summed E-state index contributed by atoms with van der Waals surface area (Å²) in [5.41, 5.74) is 1.08. The maximum absolute atomic E-state index is 12.3. The van der Waals surface area contributed by atoms with E-state index in [-0.39, 0.29) is 5.78 Å². The Morgan fingerprint density at radius 2 is 2.06 bits per heavy atom. The number of rotatable bonds is 3. The zero-order valence-electron chi connectivity index (χ0n) is 9.49. The minimum atomic E-state index is -0.102. The van der Waals surface area contributed by atoms with Crippen molar-refractivity contribution in [3.05, 3.63) is 51.9 Å². The van der Waals surface area contributed by atoms with Crippen LogP contribution in [0.1, 0.15) is 21.7 Å². The minimum absolute atomic E-state index is 0.102. The molecule has 0 bridgehead atoms. The minimum Gasteiger partial charge on any atom is -0.496 e. The molecule has 0 amide bonds. The Morgan fingerprint density at radius 1 is 1.29 bits per heavy atom. The van der Waals surface area contributed by atoms with Gasteiger partial charge in [0.15, 0.2) is 5.78 Å². The first-order valence-corrected chi connectivity index (χ1v) is 5.85. The van der Waals surface area contributed by atoms with Gasteiger partial charge in [0, 0.05) is 4.47 Å². The first-order valence-electron chi connectivity index (χ1n) is 5.06. The van der Waals surface area contributed by atoms with E-state index in [0.717, 1.165) is 4.47 Å². The molecule has 4 heteroatoms. The van der Waals surface area contributed by atoms with Gasteiger partial charge in [0.1, 0.15) is 11.5 Å². The second kappa shape index (κ2) is 4.75. The molecule has 0 unspecified atom stereocenters. The van der Waals surface area contributed by atoms with E-state index in [9.17, 15) is 4.79 Å². The average Bonchev–Trinajstić information content (AvgIpc) is 2.74. The Balaban J connectivity index is 2.50. The molecule has 1 aromatic heterocycles. The molecule has 0 aliphatic heterocycles. The highest BCUT2D eigenvalue weighted by Crippen LogP contribution is 2.26. The van der Waals surface area contributed by atoms with Gasteiger partial charge in [0.25, 0.3) is 0 Å². The third kappa shape index (κ3) is 2.26. The Labute approximate surface area is 108 Å². The molecule has 0 fully saturated rings. The van der Waals surface area contributed by atoms with Gasteiger partial charge in [-0.1, -0.05) is 15.9 Å². The van der Waals surface area contributed by atoms with Crippen molar-refractivity contribution < 1.29 is 13.9 Å². The SMILES string of the molecule is COc1ccc(Br)cc1C(=O)c1ccoc1C. The summed E-state index contributed by atoms with van der Waals surface area (Å²) >= 11 is 3.34. The molecule has 0 spiro atoms. The predicted molar refractivity (Wildman–Crippen MR) is 67.6 cm³/mol. The maximum atomic E-state index is 12.3. The summed E-state index contributed by atoms with van der Waals surface area (Å²) in [5, 5.41) is 0. The summed E-state index contributed by atoms with van der Waals surface area (Å²) in [6.45, 7) is 1.76. The van der Waals surface area contributed by atoms with Crippen LogP contribution in [0.25, 0.3) is 0 Å². The van der Waals surface area contributed by atoms with E-state index in [1.807, 2.05) is 6.07 Å². The van der Waals surface area contributed by atoms with Gasteiger partial charge < -0.3 is 9.15 Å². The second-order valence-corrected chi connectivity index (χ2v) is 4.48. The van der Waals surface area contributed by atoms with Crippen LogP contribution in [-0.2, 0) is 0 Å². The summed E-state index contributed by atoms with van der Waals surface area (Å²) in [6, 6.07) is 7.00. The standard InChI is InChI=1S/C13H11BrO3/c1-8-10(5-6-17-8)13(15)11-7-9(14)3-4-12(11)16-2/h3-7H,1-2H3. The molecule has 17 heavy (non-hydrogen) atoms. The number of furan rings is 1. The number of benzene rings is 1. The summed E-state index contributed by atoms with van der Waals surface area (Å²) < 4.78 is 11.2. The molecular formula is C13H11BrO3. The molecule has 0 N–H and O–H groups in total. The van der Waals surface area contributed by atoms with E-state index in [4.69, 9.17) is 9.15 Å². The van der Waals surface area contributed by atoms with Crippen LogP contribution in [0.15, 0.2) is 39.4 Å². The number of carbonyl (C=O) groups is 1. The van der Waals surface area contributed by atoms with Crippen LogP contribution in [-0.4, -0.2) is 12.9 Å². The smallest absolute Gasteiger partial charge is 0.200 e. The lowest BCUT2D eigenvalue weighted by molar-refractivity contribution is 0.103. The van der Waals surface area contributed by atoms with Crippen LogP contribution in [0.5, 0.6) is 5.75 Å². The molecular weight excluding hydrogens is 284 g/mol. The molecule has 0 aliphatic carbocycles. The van der Waals surface area contributed by atoms with Crippen LogP contribution in [0.2, 0.25) is 0 Å². The van der Waals surface area contributed by atoms with Gasteiger partial charge >= 0.3 is 0 Å². The van der Waals surface area contributed by atoms with Gasteiger partial charge in [0.05, 0.1) is 24.5 Å². The van der Waals surface area contributed by atoms with E-state index in [1.54, 1.807) is 32.2 Å². The van der Waals surface area contributed by atoms with Gasteiger partial charge in [-0.15, -0.1) is 0 Å². The average molecular weight is 295 g/mol. The quantitative estimate of drug-likeness (QED) is 0.812. The summed E-state index contributed by atoms with van der Waals surface area (Å²) in [4.78, 5) is 12.3. The molecule has 88 valence electrons. The van der Waals surface area contributed by atoms with E-state index in [1.165, 1.54) is 6.26 Å². The second-order valence-electron chi connectivity index (χ2n) is 3.56. The normalized spacial score (nSPS) is 10.3. The lowest BCUT2D eigenvalue weighted by Crippen LogP contribution is -2.04. The highest BCUT2D eigenvalue weighted by atomic mass is 79.9. The summed E-state index contributed by atoms with van der Waals surface area (Å²) in [6.07, 6.45) is 1.51. The van der Waals surface area contributed by atoms with Gasteiger partial charge in [-0.3, -0.25) is 4.79 Å². The molecule has 0 radical (unpaired) electrons. The monoisotopic (exact) mass is 294 g/mol. The summed E-state index contributed by atoms with van der Waals surface area (Å²) in [7, 11) is 1.54. The number of methoxy groups -OCH3 is 1. The lowest BCUT2D eigenvalue weighted by atomic mass is 10.0. The maximum Gasteiger partial charge on any atom is 0.200 e. The number of ether oxygens (including phenoxy) is 1. The largest absolute Gasteiger partial charge is 0.496 e. The van der Waals surface area contributed by atoms with Crippen molar-refractivity contribution >= 4 is 21.7 Å². The van der Waals surface area contributed by atoms with Crippen LogP contribution in [0.4, 0.5) is 0 Å². The third-order valence-corrected chi connectivity index (χ3v) is 3.00. The van der Waals surface area contributed by atoms with E-state index < -0.39 is 0 Å². The van der Waals surface area contributed by atoms with Gasteiger partial charge in [-0.05, 0) is 31.2 Å². The van der Waals surface area contributed by atoms with Gasteiger partial charge in [-0.25, -0.2) is 0 Å². The molecule has 0 atom stereocenters. The van der Waals surface area contributed by atoms with Crippen molar-refractivity contribution in [2.45, 2.75) is 6.92 Å². The van der Waals surface area contributed by atoms with E-state index in [0.29, 0.717) is 22.6 Å². The molecule has 2 aromatic rings. The lowest BCUT2D eigenvalue weighted by Gasteiger charge is -2.07. The molecule has 2 rings (SSSR count). The zero-order chi connectivity index (χ0) is 12.4. The highest BCUT2D eigenvalue weighted by molar-refractivity contribution is 9.10. The van der Waals surface area contributed by atoms with E-state index in [2.05, 4.69) is 15.9 Å². The number of hydrogen-bond donors (Lipinski definition) is 0. The number of halogens is 1. The number of aryl methyl sites for hydroxylation is 1. The van der Waals surface area contributed by atoms with Crippen molar-refractivity contribution in [1.82, 2.24) is 0 Å².